The van der Waals surface area contributed by atoms with E-state index in [9.17, 15) is 19.2 Å². The smallest absolute Gasteiger partial charge is 0.340 e. The first-order chi connectivity index (χ1) is 16.0. The van der Waals surface area contributed by atoms with Crippen molar-refractivity contribution in [2.24, 2.45) is 0 Å². The lowest BCUT2D eigenvalue weighted by Crippen LogP contribution is -2.42. The molecule has 2 heterocycles. The van der Waals surface area contributed by atoms with Crippen LogP contribution in [0.1, 0.15) is 23.0 Å². The molecule has 0 radical (unpaired) electrons. The highest BCUT2D eigenvalue weighted by molar-refractivity contribution is 6.01. The first-order valence-corrected chi connectivity index (χ1v) is 10.3. The van der Waals surface area contributed by atoms with E-state index in [2.05, 4.69) is 5.32 Å². The number of nitrogens with zero attached hydrogens (tertiary/aromatic N) is 2. The van der Waals surface area contributed by atoms with Gasteiger partial charge in [-0.05, 0) is 43.3 Å². The number of hydrogen-bond donors (Lipinski definition) is 1. The Balaban J connectivity index is 1.71. The Labute approximate surface area is 187 Å². The lowest BCUT2D eigenvalue weighted by molar-refractivity contribution is -0.116. The molecule has 9 heteroatoms. The Morgan fingerprint density at radius 2 is 1.73 bits per heavy atom. The number of fused-ring (bicyclic) bond motifs is 1. The van der Waals surface area contributed by atoms with Crippen LogP contribution in [0.3, 0.4) is 0 Å². The third-order valence-electron chi connectivity index (χ3n) is 5.02. The van der Waals surface area contributed by atoms with Gasteiger partial charge in [-0.25, -0.2) is 9.59 Å². The minimum absolute atomic E-state index is 0.0667. The van der Waals surface area contributed by atoms with Gasteiger partial charge in [0.2, 0.25) is 5.91 Å². The average molecular weight is 447 g/mol. The van der Waals surface area contributed by atoms with Gasteiger partial charge in [-0.3, -0.25) is 18.7 Å². The van der Waals surface area contributed by atoms with Crippen molar-refractivity contribution in [3.8, 4) is 0 Å². The summed E-state index contributed by atoms with van der Waals surface area (Å²) in [6.07, 6.45) is 1.45. The van der Waals surface area contributed by atoms with Crippen molar-refractivity contribution < 1.29 is 18.7 Å². The van der Waals surface area contributed by atoms with Crippen molar-refractivity contribution >= 4 is 28.5 Å². The fourth-order valence-corrected chi connectivity index (χ4v) is 3.53. The molecule has 4 rings (SSSR count). The van der Waals surface area contributed by atoms with Gasteiger partial charge in [0.05, 0.1) is 41.6 Å². The minimum Gasteiger partial charge on any atom is -0.467 e. The second-order valence-corrected chi connectivity index (χ2v) is 7.17. The number of anilines is 1. The molecular weight excluding hydrogens is 426 g/mol. The van der Waals surface area contributed by atoms with E-state index in [1.165, 1.54) is 10.8 Å². The van der Waals surface area contributed by atoms with Crippen molar-refractivity contribution in [3.05, 3.63) is 99.1 Å². The topological polar surface area (TPSA) is 113 Å². The Bertz CT molecular complexity index is 1430. The van der Waals surface area contributed by atoms with Crippen molar-refractivity contribution in [1.29, 1.82) is 0 Å². The predicted octanol–water partition coefficient (Wildman–Crippen LogP) is 2.62. The summed E-state index contributed by atoms with van der Waals surface area (Å²) in [5, 5.41) is 2.96. The van der Waals surface area contributed by atoms with Gasteiger partial charge in [-0.1, -0.05) is 24.3 Å². The molecule has 1 N–H and O–H groups in total. The van der Waals surface area contributed by atoms with Gasteiger partial charge in [0.25, 0.3) is 5.56 Å². The van der Waals surface area contributed by atoms with Gasteiger partial charge in [-0.15, -0.1) is 0 Å². The van der Waals surface area contributed by atoms with Crippen LogP contribution in [0.4, 0.5) is 5.69 Å². The van der Waals surface area contributed by atoms with Gasteiger partial charge in [0.1, 0.15) is 12.3 Å². The SMILES string of the molecule is CCOC(=O)c1ccccc1NC(=O)Cn1c(=O)n(Cc2ccco2)c(=O)c2ccccc21. The van der Waals surface area contributed by atoms with Crippen LogP contribution in [0, 0.1) is 0 Å². The number of esters is 1. The molecule has 0 fully saturated rings. The second kappa shape index (κ2) is 9.39. The number of amides is 1. The highest BCUT2D eigenvalue weighted by Gasteiger charge is 2.18. The standard InChI is InChI=1S/C24H21N3O6/c1-2-32-23(30)17-9-3-5-11-19(17)25-21(28)15-26-20-12-6-4-10-18(20)22(29)27(24(26)31)14-16-8-7-13-33-16/h3-13H,2,14-15H2,1H3,(H,25,28). The first kappa shape index (κ1) is 21.8. The zero-order valence-electron chi connectivity index (χ0n) is 17.8. The molecule has 0 atom stereocenters. The fraction of sp³-hybridized carbons (Fsp3) is 0.167. The van der Waals surface area contributed by atoms with Crippen LogP contribution in [0.25, 0.3) is 10.9 Å². The number of carbonyl (C=O) groups is 2. The van der Waals surface area contributed by atoms with Crippen LogP contribution in [0.15, 0.2) is 80.9 Å². The number of carbonyl (C=O) groups excluding carboxylic acids is 2. The fourth-order valence-electron chi connectivity index (χ4n) is 3.53. The van der Waals surface area contributed by atoms with E-state index in [0.717, 1.165) is 4.57 Å². The maximum Gasteiger partial charge on any atom is 0.340 e. The maximum absolute atomic E-state index is 13.2. The molecule has 0 aliphatic carbocycles. The molecule has 0 unspecified atom stereocenters. The molecule has 0 spiro atoms. The number of aromatic nitrogens is 2. The van der Waals surface area contributed by atoms with E-state index in [0.29, 0.717) is 16.7 Å². The Morgan fingerprint density at radius 3 is 2.48 bits per heavy atom. The van der Waals surface area contributed by atoms with Gasteiger partial charge < -0.3 is 14.5 Å². The Morgan fingerprint density at radius 1 is 0.970 bits per heavy atom. The van der Waals surface area contributed by atoms with Crippen LogP contribution >= 0.6 is 0 Å². The van der Waals surface area contributed by atoms with Crippen LogP contribution < -0.4 is 16.6 Å². The summed E-state index contributed by atoms with van der Waals surface area (Å²) in [7, 11) is 0. The molecular formula is C24H21N3O6. The molecule has 0 saturated carbocycles. The Kier molecular flexibility index (Phi) is 6.21. The Hall–Kier alpha value is -4.40. The molecule has 0 aliphatic rings. The maximum atomic E-state index is 13.2. The molecule has 0 saturated heterocycles. The van der Waals surface area contributed by atoms with Crippen molar-refractivity contribution in [1.82, 2.24) is 9.13 Å². The largest absolute Gasteiger partial charge is 0.467 e. The number of para-hydroxylation sites is 2. The lowest BCUT2D eigenvalue weighted by atomic mass is 10.2. The van der Waals surface area contributed by atoms with E-state index in [4.69, 9.17) is 9.15 Å². The van der Waals surface area contributed by atoms with E-state index in [1.54, 1.807) is 67.6 Å². The number of benzene rings is 2. The molecule has 0 aliphatic heterocycles. The quantitative estimate of drug-likeness (QED) is 0.436. The monoisotopic (exact) mass is 447 g/mol. The molecule has 2 aromatic heterocycles. The number of ether oxygens (including phenoxy) is 1. The third kappa shape index (κ3) is 4.47. The van der Waals surface area contributed by atoms with Gasteiger partial charge in [0.15, 0.2) is 0 Å². The molecule has 168 valence electrons. The average Bonchev–Trinajstić information content (AvgIpc) is 3.33. The molecule has 4 aromatic rings. The third-order valence-corrected chi connectivity index (χ3v) is 5.02. The lowest BCUT2D eigenvalue weighted by Gasteiger charge is -2.14. The van der Waals surface area contributed by atoms with Gasteiger partial charge in [0, 0.05) is 0 Å². The van der Waals surface area contributed by atoms with E-state index >= 15 is 0 Å². The van der Waals surface area contributed by atoms with Crippen LogP contribution in [-0.4, -0.2) is 27.6 Å². The summed E-state index contributed by atoms with van der Waals surface area (Å²) < 4.78 is 12.6. The molecule has 9 nitrogen and oxygen atoms in total. The summed E-state index contributed by atoms with van der Waals surface area (Å²) in [6.45, 7) is 1.45. The number of hydrogen-bond acceptors (Lipinski definition) is 6. The summed E-state index contributed by atoms with van der Waals surface area (Å²) in [5.41, 5.74) is -0.327. The van der Waals surface area contributed by atoms with Crippen molar-refractivity contribution in [2.45, 2.75) is 20.0 Å². The number of nitrogens with one attached hydrogen (secondary N) is 1. The highest BCUT2D eigenvalue weighted by Crippen LogP contribution is 2.17. The molecule has 0 bridgehead atoms. The molecule has 1 amide bonds. The normalized spacial score (nSPS) is 10.8. The number of rotatable bonds is 7. The van der Waals surface area contributed by atoms with Crippen molar-refractivity contribution in [2.75, 3.05) is 11.9 Å². The zero-order valence-corrected chi connectivity index (χ0v) is 17.8. The summed E-state index contributed by atoms with van der Waals surface area (Å²) in [6, 6.07) is 16.3. The van der Waals surface area contributed by atoms with Gasteiger partial charge in [-0.2, -0.15) is 0 Å². The summed E-state index contributed by atoms with van der Waals surface area (Å²) >= 11 is 0. The molecule has 33 heavy (non-hydrogen) atoms. The van der Waals surface area contributed by atoms with E-state index in [-0.39, 0.29) is 30.9 Å². The van der Waals surface area contributed by atoms with E-state index < -0.39 is 23.1 Å². The highest BCUT2D eigenvalue weighted by atomic mass is 16.5. The number of furan rings is 1. The first-order valence-electron chi connectivity index (χ1n) is 10.3. The second-order valence-electron chi connectivity index (χ2n) is 7.17. The van der Waals surface area contributed by atoms with E-state index in [1.807, 2.05) is 0 Å². The minimum atomic E-state index is -0.649. The zero-order chi connectivity index (χ0) is 23.4. The summed E-state index contributed by atoms with van der Waals surface area (Å²) in [4.78, 5) is 51.2. The van der Waals surface area contributed by atoms with Crippen LogP contribution in [0.2, 0.25) is 0 Å². The van der Waals surface area contributed by atoms with Gasteiger partial charge >= 0.3 is 11.7 Å². The molecule has 2 aromatic carbocycles. The van der Waals surface area contributed by atoms with Crippen LogP contribution in [-0.2, 0) is 22.6 Å². The summed E-state index contributed by atoms with van der Waals surface area (Å²) in [5.74, 6) is -0.672. The predicted molar refractivity (Wildman–Crippen MR) is 121 cm³/mol. The van der Waals surface area contributed by atoms with Crippen molar-refractivity contribution in [3.63, 3.8) is 0 Å². The van der Waals surface area contributed by atoms with Crippen LogP contribution in [0.5, 0.6) is 0 Å².